The van der Waals surface area contributed by atoms with Gasteiger partial charge >= 0.3 is 0 Å². The molecule has 1 N–H and O–H groups in total. The van der Waals surface area contributed by atoms with Crippen LogP contribution in [0, 0.1) is 11.7 Å². The molecule has 112 valence electrons. The van der Waals surface area contributed by atoms with Crippen molar-refractivity contribution in [2.45, 2.75) is 32.9 Å². The maximum absolute atomic E-state index is 13.3. The number of hydrogen-bond donors (Lipinski definition) is 1. The van der Waals surface area contributed by atoms with Crippen LogP contribution in [-0.4, -0.2) is 28.2 Å². The van der Waals surface area contributed by atoms with Crippen LogP contribution in [0.1, 0.15) is 20.3 Å². The van der Waals surface area contributed by atoms with Crippen molar-refractivity contribution in [2.24, 2.45) is 5.92 Å². The van der Waals surface area contributed by atoms with E-state index in [-0.39, 0.29) is 17.6 Å². The number of rotatable bonds is 3. The van der Waals surface area contributed by atoms with Crippen molar-refractivity contribution in [3.8, 4) is 0 Å². The molecule has 0 spiro atoms. The van der Waals surface area contributed by atoms with Gasteiger partial charge in [-0.1, -0.05) is 6.92 Å². The van der Waals surface area contributed by atoms with Crippen LogP contribution in [0.25, 0.3) is 11.0 Å². The highest BCUT2D eigenvalue weighted by Gasteiger charge is 2.31. The second kappa shape index (κ2) is 5.44. The van der Waals surface area contributed by atoms with E-state index >= 15 is 0 Å². The number of benzene rings is 1. The number of aromatic nitrogens is 2. The lowest BCUT2D eigenvalue weighted by Crippen LogP contribution is -2.32. The number of nitrogens with one attached hydrogen (secondary N) is 1. The molecule has 0 radical (unpaired) electrons. The highest BCUT2D eigenvalue weighted by Crippen LogP contribution is 2.24. The minimum Gasteiger partial charge on any atom is -0.368 e. The smallest absolute Gasteiger partial charge is 0.256 e. The monoisotopic (exact) mass is 291 g/mol. The van der Waals surface area contributed by atoms with E-state index in [0.29, 0.717) is 24.6 Å². The molecule has 21 heavy (non-hydrogen) atoms. The van der Waals surface area contributed by atoms with E-state index in [2.05, 4.69) is 10.3 Å². The first-order chi connectivity index (χ1) is 10.1. The molecule has 0 bridgehead atoms. The first kappa shape index (κ1) is 14.0. The van der Waals surface area contributed by atoms with E-state index in [1.807, 2.05) is 18.4 Å². The summed E-state index contributed by atoms with van der Waals surface area (Å²) in [5, 5.41) is 2.81. The van der Waals surface area contributed by atoms with Crippen LogP contribution >= 0.6 is 0 Å². The molecule has 2 heterocycles. The van der Waals surface area contributed by atoms with Gasteiger partial charge in [0.1, 0.15) is 11.9 Å². The van der Waals surface area contributed by atoms with Gasteiger partial charge in [-0.2, -0.15) is 0 Å². The number of fused-ring (bicyclic) bond motifs is 1. The Bertz CT molecular complexity index is 683. The second-order valence-corrected chi connectivity index (χ2v) is 5.36. The number of carbonyl (C=O) groups is 1. The van der Waals surface area contributed by atoms with Crippen molar-refractivity contribution in [1.29, 1.82) is 0 Å². The van der Waals surface area contributed by atoms with Gasteiger partial charge in [0.05, 0.1) is 11.0 Å². The number of imidazole rings is 1. The van der Waals surface area contributed by atoms with Crippen molar-refractivity contribution < 1.29 is 13.9 Å². The van der Waals surface area contributed by atoms with Crippen molar-refractivity contribution in [3.63, 3.8) is 0 Å². The minimum atomic E-state index is -0.438. The van der Waals surface area contributed by atoms with Crippen LogP contribution in [0.15, 0.2) is 18.2 Å². The van der Waals surface area contributed by atoms with Crippen LogP contribution in [0.5, 0.6) is 0 Å². The maximum Gasteiger partial charge on any atom is 0.256 e. The molecule has 0 aliphatic carbocycles. The van der Waals surface area contributed by atoms with Crippen LogP contribution in [0.2, 0.25) is 0 Å². The first-order valence-corrected chi connectivity index (χ1v) is 7.18. The third-order valence-corrected chi connectivity index (χ3v) is 3.91. The van der Waals surface area contributed by atoms with E-state index in [1.54, 1.807) is 6.07 Å². The average Bonchev–Trinajstić information content (AvgIpc) is 3.01. The van der Waals surface area contributed by atoms with Gasteiger partial charge in [0.15, 0.2) is 0 Å². The van der Waals surface area contributed by atoms with Crippen LogP contribution in [0.3, 0.4) is 0 Å². The van der Waals surface area contributed by atoms with E-state index in [4.69, 9.17) is 4.74 Å². The fourth-order valence-electron chi connectivity index (χ4n) is 2.73. The van der Waals surface area contributed by atoms with Crippen molar-refractivity contribution in [2.75, 3.05) is 11.9 Å². The minimum absolute atomic E-state index is 0.189. The summed E-state index contributed by atoms with van der Waals surface area (Å²) in [6.45, 7) is 5.19. The molecule has 5 nitrogen and oxygen atoms in total. The number of ether oxygens (including phenoxy) is 1. The number of hydrogen-bond acceptors (Lipinski definition) is 3. The first-order valence-electron chi connectivity index (χ1n) is 7.18. The molecule has 2 aromatic rings. The largest absolute Gasteiger partial charge is 0.368 e. The molecule has 0 unspecified atom stereocenters. The van der Waals surface area contributed by atoms with Gasteiger partial charge in [-0.3, -0.25) is 10.1 Å². The van der Waals surface area contributed by atoms with E-state index in [0.717, 1.165) is 11.9 Å². The fourth-order valence-corrected chi connectivity index (χ4v) is 2.73. The number of aryl methyl sites for hydroxylation is 1. The quantitative estimate of drug-likeness (QED) is 0.945. The Balaban J connectivity index is 1.91. The zero-order valence-electron chi connectivity index (χ0n) is 12.1. The standard InChI is InChI=1S/C15H18FN3O2/c1-3-19-12-5-4-10(16)8-11(12)17-15(19)18-14(20)13-9(2)6-7-21-13/h4-5,8-9,13H,3,6-7H2,1-2H3,(H,17,18,20)/t9-,13-/m0/s1. The Labute approximate surface area is 122 Å². The summed E-state index contributed by atoms with van der Waals surface area (Å²) < 4.78 is 20.6. The van der Waals surface area contributed by atoms with E-state index in [1.165, 1.54) is 12.1 Å². The third-order valence-electron chi connectivity index (χ3n) is 3.91. The lowest BCUT2D eigenvalue weighted by molar-refractivity contribution is -0.126. The maximum atomic E-state index is 13.3. The lowest BCUT2D eigenvalue weighted by Gasteiger charge is -2.14. The molecular weight excluding hydrogens is 273 g/mol. The molecule has 1 aromatic heterocycles. The highest BCUT2D eigenvalue weighted by atomic mass is 19.1. The molecule has 1 aliphatic rings. The molecule has 0 saturated carbocycles. The van der Waals surface area contributed by atoms with Crippen molar-refractivity contribution in [1.82, 2.24) is 9.55 Å². The molecule has 1 aromatic carbocycles. The Morgan fingerprint density at radius 1 is 1.57 bits per heavy atom. The Morgan fingerprint density at radius 3 is 3.05 bits per heavy atom. The SMILES string of the molecule is CCn1c(NC(=O)[C@H]2OCC[C@@H]2C)nc2cc(F)ccc21. The predicted octanol–water partition coefficient (Wildman–Crippen LogP) is 2.56. The summed E-state index contributed by atoms with van der Waals surface area (Å²) in [6.07, 6.45) is 0.444. The van der Waals surface area contributed by atoms with Gasteiger partial charge in [-0.15, -0.1) is 0 Å². The summed E-state index contributed by atoms with van der Waals surface area (Å²) in [7, 11) is 0. The molecule has 2 atom stereocenters. The molecule has 6 heteroatoms. The fraction of sp³-hybridized carbons (Fsp3) is 0.467. The summed E-state index contributed by atoms with van der Waals surface area (Å²) in [6, 6.07) is 4.43. The van der Waals surface area contributed by atoms with Crippen LogP contribution in [-0.2, 0) is 16.1 Å². The number of carbonyl (C=O) groups excluding carboxylic acids is 1. The molecule has 1 saturated heterocycles. The Kier molecular flexibility index (Phi) is 3.63. The van der Waals surface area contributed by atoms with Gasteiger partial charge in [-0.25, -0.2) is 9.37 Å². The molecule has 1 aliphatic heterocycles. The van der Waals surface area contributed by atoms with Gasteiger partial charge in [0, 0.05) is 19.2 Å². The number of amides is 1. The van der Waals surface area contributed by atoms with Gasteiger partial charge < -0.3 is 9.30 Å². The number of nitrogens with zero attached hydrogens (tertiary/aromatic N) is 2. The number of anilines is 1. The third kappa shape index (κ3) is 2.51. The molecule has 3 rings (SSSR count). The topological polar surface area (TPSA) is 56.2 Å². The Hall–Kier alpha value is -1.95. The van der Waals surface area contributed by atoms with Crippen molar-refractivity contribution >= 4 is 22.9 Å². The van der Waals surface area contributed by atoms with Gasteiger partial charge in [0.2, 0.25) is 5.95 Å². The molecular formula is C15H18FN3O2. The van der Waals surface area contributed by atoms with Crippen LogP contribution in [0.4, 0.5) is 10.3 Å². The normalized spacial score (nSPS) is 21.9. The zero-order chi connectivity index (χ0) is 15.0. The number of halogens is 1. The highest BCUT2D eigenvalue weighted by molar-refractivity contribution is 5.94. The van der Waals surface area contributed by atoms with Gasteiger partial charge in [-0.05, 0) is 31.4 Å². The predicted molar refractivity (Wildman–Crippen MR) is 77.5 cm³/mol. The van der Waals surface area contributed by atoms with Crippen LogP contribution < -0.4 is 5.32 Å². The van der Waals surface area contributed by atoms with Crippen molar-refractivity contribution in [3.05, 3.63) is 24.0 Å². The summed E-state index contributed by atoms with van der Waals surface area (Å²) in [4.78, 5) is 16.6. The second-order valence-electron chi connectivity index (χ2n) is 5.36. The lowest BCUT2D eigenvalue weighted by atomic mass is 10.0. The zero-order valence-corrected chi connectivity index (χ0v) is 12.1. The molecule has 1 fully saturated rings. The summed E-state index contributed by atoms with van der Waals surface area (Å²) >= 11 is 0. The summed E-state index contributed by atoms with van der Waals surface area (Å²) in [5.74, 6) is 0.104. The Morgan fingerprint density at radius 2 is 2.38 bits per heavy atom. The van der Waals surface area contributed by atoms with Gasteiger partial charge in [0.25, 0.3) is 5.91 Å². The summed E-state index contributed by atoms with van der Waals surface area (Å²) in [5.41, 5.74) is 1.34. The van der Waals surface area contributed by atoms with E-state index < -0.39 is 6.10 Å². The average molecular weight is 291 g/mol. The van der Waals surface area contributed by atoms with E-state index in [9.17, 15) is 9.18 Å². The molecule has 1 amide bonds.